The summed E-state index contributed by atoms with van der Waals surface area (Å²) in [6.07, 6.45) is 2.18. The van der Waals surface area contributed by atoms with E-state index in [4.69, 9.17) is 9.47 Å². The SMILES string of the molecule is CCC(CC)(CC(C)(C)COCC(C)(C)COC)[PH](=O)O. The van der Waals surface area contributed by atoms with Crippen molar-refractivity contribution in [2.75, 3.05) is 26.9 Å². The van der Waals surface area contributed by atoms with Gasteiger partial charge in [-0.15, -0.1) is 0 Å². The number of hydrogen-bond donors (Lipinski definition) is 1. The van der Waals surface area contributed by atoms with Crippen LogP contribution in [0.15, 0.2) is 0 Å². The summed E-state index contributed by atoms with van der Waals surface area (Å²) in [7, 11) is -0.857. The van der Waals surface area contributed by atoms with E-state index >= 15 is 0 Å². The molecule has 1 unspecified atom stereocenters. The van der Waals surface area contributed by atoms with Gasteiger partial charge in [-0.25, -0.2) is 0 Å². The second kappa shape index (κ2) is 8.67. The van der Waals surface area contributed by atoms with Gasteiger partial charge >= 0.3 is 0 Å². The maximum absolute atomic E-state index is 11.8. The average molecular weight is 322 g/mol. The van der Waals surface area contributed by atoms with Gasteiger partial charge in [0.2, 0.25) is 0 Å². The van der Waals surface area contributed by atoms with Gasteiger partial charge in [0.05, 0.1) is 19.8 Å². The van der Waals surface area contributed by atoms with Crippen LogP contribution in [0.3, 0.4) is 0 Å². The molecular formula is C16H35O4P. The van der Waals surface area contributed by atoms with Crippen LogP contribution >= 0.6 is 8.03 Å². The maximum Gasteiger partial charge on any atom is 0.195 e. The highest BCUT2D eigenvalue weighted by Crippen LogP contribution is 2.48. The third-order valence-electron chi connectivity index (χ3n) is 4.14. The Kier molecular flexibility index (Phi) is 8.71. The number of methoxy groups -OCH3 is 1. The van der Waals surface area contributed by atoms with E-state index in [0.717, 1.165) is 12.8 Å². The Labute approximate surface area is 131 Å². The molecule has 1 N–H and O–H groups in total. The van der Waals surface area contributed by atoms with Gasteiger partial charge in [-0.3, -0.25) is 4.57 Å². The maximum atomic E-state index is 11.8. The van der Waals surface area contributed by atoms with E-state index in [1.807, 2.05) is 13.8 Å². The van der Waals surface area contributed by atoms with Gasteiger partial charge in [-0.05, 0) is 24.7 Å². The summed E-state index contributed by atoms with van der Waals surface area (Å²) in [5.41, 5.74) is -0.125. The zero-order valence-electron chi connectivity index (χ0n) is 14.9. The molecule has 0 aromatic heterocycles. The molecule has 0 bridgehead atoms. The molecule has 21 heavy (non-hydrogen) atoms. The zero-order chi connectivity index (χ0) is 16.7. The van der Waals surface area contributed by atoms with Crippen LogP contribution in [0.4, 0.5) is 0 Å². The third kappa shape index (κ3) is 7.27. The van der Waals surface area contributed by atoms with Crippen molar-refractivity contribution in [3.8, 4) is 0 Å². The molecule has 1 atom stereocenters. The van der Waals surface area contributed by atoms with Gasteiger partial charge in [0, 0.05) is 17.7 Å². The fourth-order valence-electron chi connectivity index (χ4n) is 2.88. The Morgan fingerprint density at radius 2 is 1.43 bits per heavy atom. The average Bonchev–Trinajstić information content (AvgIpc) is 2.35. The molecule has 0 saturated heterocycles. The minimum atomic E-state index is -2.55. The lowest BCUT2D eigenvalue weighted by molar-refractivity contribution is -0.0193. The minimum Gasteiger partial charge on any atom is -0.384 e. The normalized spacial score (nSPS) is 15.2. The van der Waals surface area contributed by atoms with Gasteiger partial charge in [-0.1, -0.05) is 41.5 Å². The fourth-order valence-corrected chi connectivity index (χ4v) is 4.12. The molecule has 0 rings (SSSR count). The molecule has 5 heteroatoms. The quantitative estimate of drug-likeness (QED) is 0.581. The van der Waals surface area contributed by atoms with Crippen molar-refractivity contribution in [1.82, 2.24) is 0 Å². The van der Waals surface area contributed by atoms with Crippen LogP contribution < -0.4 is 0 Å². The van der Waals surface area contributed by atoms with Crippen molar-refractivity contribution in [3.05, 3.63) is 0 Å². The predicted molar refractivity (Wildman–Crippen MR) is 89.4 cm³/mol. The first kappa shape index (κ1) is 21.1. The lowest BCUT2D eigenvalue weighted by Gasteiger charge is -2.37. The molecule has 0 aliphatic carbocycles. The van der Waals surface area contributed by atoms with Gasteiger partial charge in [-0.2, -0.15) is 0 Å². The Morgan fingerprint density at radius 3 is 1.81 bits per heavy atom. The minimum absolute atomic E-state index is 0.0120. The molecule has 0 aliphatic heterocycles. The Bertz CT molecular complexity index is 322. The summed E-state index contributed by atoms with van der Waals surface area (Å²) in [6, 6.07) is 0. The first-order valence-corrected chi connectivity index (χ1v) is 9.20. The van der Waals surface area contributed by atoms with Crippen molar-refractivity contribution in [1.29, 1.82) is 0 Å². The van der Waals surface area contributed by atoms with Crippen LogP contribution in [0, 0.1) is 10.8 Å². The van der Waals surface area contributed by atoms with Crippen molar-refractivity contribution in [2.24, 2.45) is 10.8 Å². The molecule has 0 amide bonds. The molecule has 0 saturated carbocycles. The summed E-state index contributed by atoms with van der Waals surface area (Å²) in [5.74, 6) is 0. The molecular weight excluding hydrogens is 287 g/mol. The van der Waals surface area contributed by atoms with E-state index in [0.29, 0.717) is 26.2 Å². The molecule has 0 fully saturated rings. The Morgan fingerprint density at radius 1 is 0.952 bits per heavy atom. The van der Waals surface area contributed by atoms with E-state index in [1.54, 1.807) is 7.11 Å². The summed E-state index contributed by atoms with van der Waals surface area (Å²) in [6.45, 7) is 14.3. The summed E-state index contributed by atoms with van der Waals surface area (Å²) >= 11 is 0. The van der Waals surface area contributed by atoms with Crippen LogP contribution in [0.1, 0.15) is 60.8 Å². The molecule has 128 valence electrons. The molecule has 4 nitrogen and oxygen atoms in total. The van der Waals surface area contributed by atoms with Crippen LogP contribution in [-0.4, -0.2) is 37.0 Å². The summed E-state index contributed by atoms with van der Waals surface area (Å²) in [5, 5.41) is -0.459. The monoisotopic (exact) mass is 322 g/mol. The second-order valence-corrected chi connectivity index (χ2v) is 9.39. The standard InChI is InChI=1S/C16H35O4P/c1-8-16(9-2,21(17)18)10-14(3,4)12-20-13-15(5,6)11-19-7/h21H,8-13H2,1-7H3,(H,17,18). The molecule has 0 aromatic rings. The first-order chi connectivity index (χ1) is 9.54. The van der Waals surface area contributed by atoms with Gasteiger partial charge in [0.1, 0.15) is 0 Å². The van der Waals surface area contributed by atoms with Gasteiger partial charge in [0.25, 0.3) is 0 Å². The van der Waals surface area contributed by atoms with Crippen LogP contribution in [-0.2, 0) is 14.0 Å². The largest absolute Gasteiger partial charge is 0.384 e. The van der Waals surface area contributed by atoms with E-state index < -0.39 is 13.2 Å². The van der Waals surface area contributed by atoms with E-state index in [2.05, 4.69) is 27.7 Å². The lowest BCUT2D eigenvalue weighted by Crippen LogP contribution is -2.34. The molecule has 0 radical (unpaired) electrons. The van der Waals surface area contributed by atoms with Gasteiger partial charge < -0.3 is 14.4 Å². The smallest absolute Gasteiger partial charge is 0.195 e. The van der Waals surface area contributed by atoms with Gasteiger partial charge in [0.15, 0.2) is 8.03 Å². The highest BCUT2D eigenvalue weighted by Gasteiger charge is 2.38. The number of ether oxygens (including phenoxy) is 2. The number of hydrogen-bond acceptors (Lipinski definition) is 3. The Hall–Kier alpha value is 0.110. The second-order valence-electron chi connectivity index (χ2n) is 7.72. The Balaban J connectivity index is 4.59. The predicted octanol–water partition coefficient (Wildman–Crippen LogP) is 4.12. The molecule has 0 spiro atoms. The summed E-state index contributed by atoms with van der Waals surface area (Å²) < 4.78 is 22.9. The topological polar surface area (TPSA) is 55.8 Å². The van der Waals surface area contributed by atoms with E-state index in [-0.39, 0.29) is 10.8 Å². The van der Waals surface area contributed by atoms with Crippen molar-refractivity contribution < 1.29 is 18.9 Å². The van der Waals surface area contributed by atoms with E-state index in [1.165, 1.54) is 0 Å². The van der Waals surface area contributed by atoms with Crippen LogP contribution in [0.2, 0.25) is 0 Å². The highest BCUT2D eigenvalue weighted by atomic mass is 31.1. The first-order valence-electron chi connectivity index (χ1n) is 7.84. The van der Waals surface area contributed by atoms with Crippen LogP contribution in [0.25, 0.3) is 0 Å². The number of rotatable bonds is 11. The third-order valence-corrected chi connectivity index (χ3v) is 5.94. The molecule has 0 aliphatic rings. The highest BCUT2D eigenvalue weighted by molar-refractivity contribution is 7.40. The molecule has 0 aromatic carbocycles. The fraction of sp³-hybridized carbons (Fsp3) is 1.00. The van der Waals surface area contributed by atoms with Crippen molar-refractivity contribution in [3.63, 3.8) is 0 Å². The van der Waals surface area contributed by atoms with Crippen molar-refractivity contribution in [2.45, 2.75) is 66.0 Å². The molecule has 0 heterocycles. The van der Waals surface area contributed by atoms with Crippen molar-refractivity contribution >= 4 is 8.03 Å². The van der Waals surface area contributed by atoms with E-state index in [9.17, 15) is 9.46 Å². The summed E-state index contributed by atoms with van der Waals surface area (Å²) in [4.78, 5) is 9.74. The lowest BCUT2D eigenvalue weighted by atomic mass is 9.80. The zero-order valence-corrected chi connectivity index (χ0v) is 15.9. The van der Waals surface area contributed by atoms with Crippen LogP contribution in [0.5, 0.6) is 0 Å².